The molecule has 1 atom stereocenters. The molecule has 0 amide bonds. The molecule has 0 spiro atoms. The molecule has 0 saturated carbocycles. The van der Waals surface area contributed by atoms with Crippen molar-refractivity contribution in [1.82, 2.24) is 0 Å². The Morgan fingerprint density at radius 2 is 2.27 bits per heavy atom. The quantitative estimate of drug-likeness (QED) is 0.663. The number of aliphatic carboxylic acids is 1. The molecule has 5 heteroatoms. The van der Waals surface area contributed by atoms with Gasteiger partial charge >= 0.3 is 5.97 Å². The summed E-state index contributed by atoms with van der Waals surface area (Å²) in [7, 11) is 0. The first-order valence-corrected chi connectivity index (χ1v) is 4.26. The first-order valence-electron chi connectivity index (χ1n) is 4.26. The van der Waals surface area contributed by atoms with E-state index in [0.29, 0.717) is 5.56 Å². The highest BCUT2D eigenvalue weighted by Crippen LogP contribution is 2.22. The molecule has 78 valence electrons. The van der Waals surface area contributed by atoms with Crippen LogP contribution in [-0.2, 0) is 4.79 Å². The van der Waals surface area contributed by atoms with Gasteiger partial charge in [0.25, 0.3) is 0 Å². The number of nitriles is 1. The van der Waals surface area contributed by atoms with Crippen LogP contribution in [0.25, 0.3) is 0 Å². The maximum Gasteiger partial charge on any atom is 0.312 e. The van der Waals surface area contributed by atoms with Crippen molar-refractivity contribution < 1.29 is 15.0 Å². The van der Waals surface area contributed by atoms with Crippen LogP contribution in [0.1, 0.15) is 17.0 Å². The van der Waals surface area contributed by atoms with Crippen molar-refractivity contribution in [3.8, 4) is 11.8 Å². The summed E-state index contributed by atoms with van der Waals surface area (Å²) in [5, 5.41) is 26.7. The minimum absolute atomic E-state index is 0.0483. The summed E-state index contributed by atoms with van der Waals surface area (Å²) in [5.74, 6) is -2.06. The lowest BCUT2D eigenvalue weighted by Crippen LogP contribution is -2.21. The average Bonchev–Trinajstić information content (AvgIpc) is 2.21. The molecule has 0 aliphatic rings. The normalized spacial score (nSPS) is 11.7. The fraction of sp³-hybridized carbons (Fsp3) is 0.200. The molecule has 1 rings (SSSR count). The van der Waals surface area contributed by atoms with Crippen LogP contribution in [0.2, 0.25) is 0 Å². The molecule has 0 bridgehead atoms. The van der Waals surface area contributed by atoms with Crippen molar-refractivity contribution in [3.63, 3.8) is 0 Å². The van der Waals surface area contributed by atoms with Crippen LogP contribution in [0.15, 0.2) is 18.2 Å². The van der Waals surface area contributed by atoms with Crippen LogP contribution in [-0.4, -0.2) is 22.7 Å². The predicted octanol–water partition coefficient (Wildman–Crippen LogP) is 0.391. The number of nitrogens with two attached hydrogens (primary N) is 1. The minimum atomic E-state index is -1.05. The summed E-state index contributed by atoms with van der Waals surface area (Å²) in [6, 6.07) is 5.84. The van der Waals surface area contributed by atoms with Crippen LogP contribution in [0, 0.1) is 11.3 Å². The van der Waals surface area contributed by atoms with E-state index in [2.05, 4.69) is 0 Å². The molecular formula is C10H10N2O3. The summed E-state index contributed by atoms with van der Waals surface area (Å²) in [6.07, 6.45) is 0. The molecule has 0 saturated heterocycles. The summed E-state index contributed by atoms with van der Waals surface area (Å²) >= 11 is 0. The third kappa shape index (κ3) is 2.24. The maximum absolute atomic E-state index is 10.8. The molecule has 0 aliphatic heterocycles. The second-order valence-corrected chi connectivity index (χ2v) is 3.01. The fourth-order valence-electron chi connectivity index (χ4n) is 1.24. The number of carboxylic acid groups (broad SMARTS) is 1. The Bertz CT molecular complexity index is 423. The number of hydrogen-bond donors (Lipinski definition) is 3. The highest BCUT2D eigenvalue weighted by Gasteiger charge is 2.18. The molecule has 4 N–H and O–H groups in total. The molecule has 0 fully saturated rings. The number of rotatable bonds is 3. The second-order valence-electron chi connectivity index (χ2n) is 3.01. The Balaban J connectivity index is 3.16. The molecular weight excluding hydrogens is 196 g/mol. The van der Waals surface area contributed by atoms with Crippen LogP contribution in [0.4, 0.5) is 0 Å². The van der Waals surface area contributed by atoms with Gasteiger partial charge in [0.05, 0.1) is 11.5 Å². The Morgan fingerprint density at radius 1 is 1.60 bits per heavy atom. The minimum Gasteiger partial charge on any atom is -0.507 e. The third-order valence-corrected chi connectivity index (χ3v) is 2.08. The number of benzene rings is 1. The Hall–Kier alpha value is -2.06. The van der Waals surface area contributed by atoms with Crippen LogP contribution >= 0.6 is 0 Å². The van der Waals surface area contributed by atoms with Crippen LogP contribution in [0.3, 0.4) is 0 Å². The largest absolute Gasteiger partial charge is 0.507 e. The maximum atomic E-state index is 10.8. The Labute approximate surface area is 86.4 Å². The van der Waals surface area contributed by atoms with E-state index in [9.17, 15) is 9.90 Å². The first kappa shape index (κ1) is 11.0. The molecule has 15 heavy (non-hydrogen) atoms. The van der Waals surface area contributed by atoms with Crippen molar-refractivity contribution in [2.45, 2.75) is 5.92 Å². The van der Waals surface area contributed by atoms with Gasteiger partial charge in [-0.3, -0.25) is 4.79 Å². The zero-order chi connectivity index (χ0) is 11.4. The fourth-order valence-corrected chi connectivity index (χ4v) is 1.24. The summed E-state index contributed by atoms with van der Waals surface area (Å²) < 4.78 is 0. The highest BCUT2D eigenvalue weighted by atomic mass is 16.4. The van der Waals surface area contributed by atoms with E-state index in [0.717, 1.165) is 0 Å². The highest BCUT2D eigenvalue weighted by molar-refractivity contribution is 5.76. The second kappa shape index (κ2) is 4.44. The van der Waals surface area contributed by atoms with E-state index < -0.39 is 11.9 Å². The van der Waals surface area contributed by atoms with Gasteiger partial charge < -0.3 is 15.9 Å². The Kier molecular flexibility index (Phi) is 3.26. The summed E-state index contributed by atoms with van der Waals surface area (Å²) in [6.45, 7) is -0.0506. The summed E-state index contributed by atoms with van der Waals surface area (Å²) in [4.78, 5) is 10.8. The van der Waals surface area contributed by atoms with Crippen molar-refractivity contribution in [1.29, 1.82) is 5.26 Å². The van der Waals surface area contributed by atoms with Gasteiger partial charge in [0.2, 0.25) is 0 Å². The molecule has 1 aromatic carbocycles. The molecule has 0 heterocycles. The lowest BCUT2D eigenvalue weighted by Gasteiger charge is -2.10. The van der Waals surface area contributed by atoms with Gasteiger partial charge in [-0.15, -0.1) is 0 Å². The topological polar surface area (TPSA) is 107 Å². The number of nitrogens with zero attached hydrogens (tertiary/aromatic N) is 1. The SMILES string of the molecule is N#Cc1cc(C(CN)C(=O)O)ccc1O. The molecule has 0 aliphatic carbocycles. The van der Waals surface area contributed by atoms with Crippen molar-refractivity contribution >= 4 is 5.97 Å². The first-order chi connectivity index (χ1) is 7.10. The zero-order valence-corrected chi connectivity index (χ0v) is 7.84. The molecule has 1 unspecified atom stereocenters. The van der Waals surface area contributed by atoms with E-state index in [4.69, 9.17) is 16.1 Å². The zero-order valence-electron chi connectivity index (χ0n) is 7.84. The van der Waals surface area contributed by atoms with Gasteiger partial charge in [0, 0.05) is 6.54 Å². The number of carboxylic acids is 1. The number of phenolic OH excluding ortho intramolecular Hbond substituents is 1. The number of aromatic hydroxyl groups is 1. The van der Waals surface area contributed by atoms with Gasteiger partial charge in [-0.05, 0) is 17.7 Å². The van der Waals surface area contributed by atoms with E-state index in [-0.39, 0.29) is 17.9 Å². The monoisotopic (exact) mass is 206 g/mol. The van der Waals surface area contributed by atoms with E-state index in [1.165, 1.54) is 18.2 Å². The van der Waals surface area contributed by atoms with Crippen LogP contribution in [0.5, 0.6) is 5.75 Å². The Morgan fingerprint density at radius 3 is 2.73 bits per heavy atom. The molecule has 5 nitrogen and oxygen atoms in total. The van der Waals surface area contributed by atoms with Crippen molar-refractivity contribution in [2.24, 2.45) is 5.73 Å². The number of carbonyl (C=O) groups is 1. The van der Waals surface area contributed by atoms with Gasteiger partial charge in [-0.25, -0.2) is 0 Å². The molecule has 1 aromatic rings. The van der Waals surface area contributed by atoms with Crippen molar-refractivity contribution in [2.75, 3.05) is 6.54 Å². The van der Waals surface area contributed by atoms with E-state index in [1.807, 2.05) is 0 Å². The van der Waals surface area contributed by atoms with Crippen LogP contribution < -0.4 is 5.73 Å². The van der Waals surface area contributed by atoms with E-state index in [1.54, 1.807) is 6.07 Å². The van der Waals surface area contributed by atoms with Crippen molar-refractivity contribution in [3.05, 3.63) is 29.3 Å². The van der Waals surface area contributed by atoms with Gasteiger partial charge in [-0.2, -0.15) is 5.26 Å². The van der Waals surface area contributed by atoms with Gasteiger partial charge in [-0.1, -0.05) is 6.07 Å². The van der Waals surface area contributed by atoms with E-state index >= 15 is 0 Å². The lowest BCUT2D eigenvalue weighted by atomic mass is 9.97. The number of phenols is 1. The number of hydrogen-bond acceptors (Lipinski definition) is 4. The molecule has 0 aromatic heterocycles. The predicted molar refractivity (Wildman–Crippen MR) is 52.3 cm³/mol. The smallest absolute Gasteiger partial charge is 0.312 e. The third-order valence-electron chi connectivity index (χ3n) is 2.08. The lowest BCUT2D eigenvalue weighted by molar-refractivity contribution is -0.138. The van der Waals surface area contributed by atoms with Gasteiger partial charge in [0.1, 0.15) is 11.8 Å². The van der Waals surface area contributed by atoms with Gasteiger partial charge in [0.15, 0.2) is 0 Å². The molecule has 0 radical (unpaired) electrons. The summed E-state index contributed by atoms with van der Waals surface area (Å²) in [5.41, 5.74) is 5.77. The average molecular weight is 206 g/mol. The standard InChI is InChI=1S/C10H10N2O3/c11-4-7-3-6(1-2-9(7)13)8(5-12)10(14)15/h1-3,8,13H,5,12H2,(H,14,15).